The van der Waals surface area contributed by atoms with Gasteiger partial charge in [-0.05, 0) is 26.3 Å². The van der Waals surface area contributed by atoms with E-state index in [1.807, 2.05) is 6.92 Å². The van der Waals surface area contributed by atoms with Crippen LogP contribution in [0.2, 0.25) is 0 Å². The second-order valence-corrected chi connectivity index (χ2v) is 4.31. The maximum atomic E-state index is 8.67. The van der Waals surface area contributed by atoms with Crippen LogP contribution in [-0.2, 0) is 6.42 Å². The van der Waals surface area contributed by atoms with Crippen LogP contribution in [0.25, 0.3) is 11.3 Å². The number of benzene rings is 1. The summed E-state index contributed by atoms with van der Waals surface area (Å²) in [5, 5.41) is 8.67. The number of aryl methyl sites for hydroxylation is 3. The number of H-pyrrole nitrogens is 1. The highest BCUT2D eigenvalue weighted by Gasteiger charge is 2.10. The Kier molecular flexibility index (Phi) is 2.97. The van der Waals surface area contributed by atoms with Crippen molar-refractivity contribution in [3.63, 3.8) is 0 Å². The minimum absolute atomic E-state index is 0.325. The Labute approximate surface area is 101 Å². The van der Waals surface area contributed by atoms with Crippen LogP contribution < -0.4 is 0 Å². The highest BCUT2D eigenvalue weighted by Crippen LogP contribution is 2.25. The van der Waals surface area contributed by atoms with E-state index in [0.717, 1.165) is 22.8 Å². The van der Waals surface area contributed by atoms with Crippen molar-refractivity contribution in [2.75, 3.05) is 0 Å². The average Bonchev–Trinajstić information content (AvgIpc) is 2.60. The fraction of sp³-hybridized carbons (Fsp3) is 0.286. The van der Waals surface area contributed by atoms with Gasteiger partial charge in [0.25, 0.3) is 0 Å². The Balaban J connectivity index is 2.49. The van der Waals surface area contributed by atoms with E-state index in [9.17, 15) is 0 Å². The maximum Gasteiger partial charge on any atom is 0.121 e. The second kappa shape index (κ2) is 4.42. The topological polar surface area (TPSA) is 52.5 Å². The van der Waals surface area contributed by atoms with Crippen LogP contribution in [0.1, 0.15) is 22.6 Å². The number of rotatable bonds is 2. The van der Waals surface area contributed by atoms with Crippen molar-refractivity contribution in [2.45, 2.75) is 27.2 Å². The van der Waals surface area contributed by atoms with Gasteiger partial charge in [-0.2, -0.15) is 5.26 Å². The molecule has 0 fully saturated rings. The van der Waals surface area contributed by atoms with Gasteiger partial charge >= 0.3 is 0 Å². The van der Waals surface area contributed by atoms with E-state index in [0.29, 0.717) is 6.42 Å². The highest BCUT2D eigenvalue weighted by molar-refractivity contribution is 5.66. The molecule has 0 unspecified atom stereocenters. The molecule has 1 N–H and O–H groups in total. The number of imidazole rings is 1. The van der Waals surface area contributed by atoms with Crippen LogP contribution in [0, 0.1) is 32.1 Å². The molecule has 1 heterocycles. The largest absolute Gasteiger partial charge is 0.345 e. The summed E-state index contributed by atoms with van der Waals surface area (Å²) in [6, 6.07) is 8.42. The molecule has 3 nitrogen and oxygen atoms in total. The molecular formula is C14H15N3. The average molecular weight is 225 g/mol. The molecule has 2 rings (SSSR count). The zero-order valence-electron chi connectivity index (χ0n) is 10.3. The second-order valence-electron chi connectivity index (χ2n) is 4.31. The standard InChI is InChI=1S/C14H15N3/c1-9-4-5-12(10(2)8-9)14-11(3)16-13(17-14)6-7-15/h4-5,8H,6H2,1-3H3,(H,16,17). The summed E-state index contributed by atoms with van der Waals surface area (Å²) in [6.07, 6.45) is 0.325. The lowest BCUT2D eigenvalue weighted by molar-refractivity contribution is 1.05. The van der Waals surface area contributed by atoms with Gasteiger partial charge in [0, 0.05) is 11.3 Å². The van der Waals surface area contributed by atoms with Crippen molar-refractivity contribution in [3.05, 3.63) is 40.8 Å². The predicted octanol–water partition coefficient (Wildman–Crippen LogP) is 3.07. The molecule has 0 aliphatic rings. The molecule has 0 aliphatic carbocycles. The van der Waals surface area contributed by atoms with E-state index in [4.69, 9.17) is 5.26 Å². The van der Waals surface area contributed by atoms with Crippen LogP contribution in [0.15, 0.2) is 18.2 Å². The maximum absolute atomic E-state index is 8.67. The van der Waals surface area contributed by atoms with E-state index in [1.165, 1.54) is 11.1 Å². The normalized spacial score (nSPS) is 10.2. The molecule has 0 saturated carbocycles. The molecule has 0 saturated heterocycles. The number of nitrogens with one attached hydrogen (secondary N) is 1. The fourth-order valence-corrected chi connectivity index (χ4v) is 2.02. The van der Waals surface area contributed by atoms with Gasteiger partial charge in [-0.3, -0.25) is 0 Å². The van der Waals surface area contributed by atoms with Crippen molar-refractivity contribution < 1.29 is 0 Å². The summed E-state index contributed by atoms with van der Waals surface area (Å²) in [4.78, 5) is 7.63. The van der Waals surface area contributed by atoms with Crippen molar-refractivity contribution in [3.8, 4) is 17.3 Å². The molecule has 0 amide bonds. The van der Waals surface area contributed by atoms with Crippen LogP contribution in [0.3, 0.4) is 0 Å². The Morgan fingerprint density at radius 2 is 2.06 bits per heavy atom. The molecule has 0 spiro atoms. The number of nitrogens with zero attached hydrogens (tertiary/aromatic N) is 2. The van der Waals surface area contributed by atoms with Crippen molar-refractivity contribution in [2.24, 2.45) is 0 Å². The van der Waals surface area contributed by atoms with Crippen LogP contribution in [0.4, 0.5) is 0 Å². The Hall–Kier alpha value is -2.08. The van der Waals surface area contributed by atoms with Crippen molar-refractivity contribution in [1.29, 1.82) is 5.26 Å². The smallest absolute Gasteiger partial charge is 0.121 e. The molecule has 0 aliphatic heterocycles. The van der Waals surface area contributed by atoms with Gasteiger partial charge in [-0.15, -0.1) is 0 Å². The van der Waals surface area contributed by atoms with Crippen LogP contribution in [0.5, 0.6) is 0 Å². The van der Waals surface area contributed by atoms with Gasteiger partial charge in [-0.1, -0.05) is 23.8 Å². The first-order valence-electron chi connectivity index (χ1n) is 5.62. The molecule has 2 aromatic rings. The van der Waals surface area contributed by atoms with E-state index in [2.05, 4.69) is 48.1 Å². The van der Waals surface area contributed by atoms with Gasteiger partial charge in [-0.25, -0.2) is 4.98 Å². The molecule has 1 aromatic carbocycles. The number of nitriles is 1. The third-order valence-electron chi connectivity index (χ3n) is 2.82. The Bertz CT molecular complexity index is 588. The van der Waals surface area contributed by atoms with E-state index >= 15 is 0 Å². The van der Waals surface area contributed by atoms with Crippen molar-refractivity contribution >= 4 is 0 Å². The van der Waals surface area contributed by atoms with Gasteiger partial charge in [0.2, 0.25) is 0 Å². The lowest BCUT2D eigenvalue weighted by Gasteiger charge is -2.04. The lowest BCUT2D eigenvalue weighted by atomic mass is 10.0. The molecular weight excluding hydrogens is 210 g/mol. The molecule has 1 aromatic heterocycles. The van der Waals surface area contributed by atoms with Gasteiger partial charge in [0.1, 0.15) is 5.82 Å². The van der Waals surface area contributed by atoms with Gasteiger partial charge < -0.3 is 4.98 Å². The zero-order chi connectivity index (χ0) is 12.4. The molecule has 0 atom stereocenters. The first-order valence-corrected chi connectivity index (χ1v) is 5.62. The lowest BCUT2D eigenvalue weighted by Crippen LogP contribution is -1.87. The monoisotopic (exact) mass is 225 g/mol. The quantitative estimate of drug-likeness (QED) is 0.853. The summed E-state index contributed by atoms with van der Waals surface area (Å²) in [7, 11) is 0. The van der Waals surface area contributed by atoms with Crippen molar-refractivity contribution in [1.82, 2.24) is 9.97 Å². The summed E-state index contributed by atoms with van der Waals surface area (Å²) >= 11 is 0. The Morgan fingerprint density at radius 3 is 2.71 bits per heavy atom. The number of hydrogen-bond donors (Lipinski definition) is 1. The summed E-state index contributed by atoms with van der Waals surface area (Å²) in [6.45, 7) is 6.15. The molecule has 0 bridgehead atoms. The third-order valence-corrected chi connectivity index (χ3v) is 2.82. The highest BCUT2D eigenvalue weighted by atomic mass is 14.9. The minimum atomic E-state index is 0.325. The fourth-order valence-electron chi connectivity index (χ4n) is 2.02. The van der Waals surface area contributed by atoms with Gasteiger partial charge in [0.05, 0.1) is 18.2 Å². The first kappa shape index (κ1) is 11.4. The minimum Gasteiger partial charge on any atom is -0.345 e. The van der Waals surface area contributed by atoms with Gasteiger partial charge in [0.15, 0.2) is 0 Å². The Morgan fingerprint density at radius 1 is 1.29 bits per heavy atom. The van der Waals surface area contributed by atoms with E-state index in [1.54, 1.807) is 0 Å². The summed E-state index contributed by atoms with van der Waals surface area (Å²) in [5.74, 6) is 0.736. The summed E-state index contributed by atoms with van der Waals surface area (Å²) < 4.78 is 0. The first-order chi connectivity index (χ1) is 8.11. The van der Waals surface area contributed by atoms with Crippen LogP contribution >= 0.6 is 0 Å². The summed E-state index contributed by atoms with van der Waals surface area (Å²) in [5.41, 5.74) is 5.56. The number of aromatic amines is 1. The van der Waals surface area contributed by atoms with E-state index < -0.39 is 0 Å². The SMILES string of the molecule is Cc1ccc(-c2nc(CC#N)[nH]c2C)c(C)c1. The third kappa shape index (κ3) is 2.21. The number of aromatic nitrogens is 2. The molecule has 0 radical (unpaired) electrons. The number of hydrogen-bond acceptors (Lipinski definition) is 2. The predicted molar refractivity (Wildman–Crippen MR) is 67.6 cm³/mol. The molecule has 17 heavy (non-hydrogen) atoms. The molecule has 3 heteroatoms. The van der Waals surface area contributed by atoms with Crippen LogP contribution in [-0.4, -0.2) is 9.97 Å². The molecule has 86 valence electrons. The van der Waals surface area contributed by atoms with E-state index in [-0.39, 0.29) is 0 Å². The zero-order valence-corrected chi connectivity index (χ0v) is 10.3.